The number of hydrogen-bond donors (Lipinski definition) is 1. The molecule has 0 bridgehead atoms. The van der Waals surface area contributed by atoms with Crippen molar-refractivity contribution in [2.24, 2.45) is 0 Å². The Balaban J connectivity index is 1.60. The van der Waals surface area contributed by atoms with Crippen LogP contribution < -0.4 is 10.1 Å². The highest BCUT2D eigenvalue weighted by atomic mass is 16.6. The van der Waals surface area contributed by atoms with Gasteiger partial charge in [-0.25, -0.2) is 0 Å². The van der Waals surface area contributed by atoms with Crippen LogP contribution in [0.1, 0.15) is 6.42 Å². The van der Waals surface area contributed by atoms with Crippen LogP contribution in [0.25, 0.3) is 0 Å². The second-order valence-corrected chi connectivity index (χ2v) is 5.97. The Kier molecular flexibility index (Phi) is 4.44. The van der Waals surface area contributed by atoms with E-state index in [1.807, 2.05) is 0 Å². The Labute approximate surface area is 134 Å². The summed E-state index contributed by atoms with van der Waals surface area (Å²) in [4.78, 5) is 27.0. The van der Waals surface area contributed by atoms with E-state index in [4.69, 9.17) is 4.74 Å². The van der Waals surface area contributed by atoms with E-state index in [1.165, 1.54) is 18.2 Å². The van der Waals surface area contributed by atoms with E-state index in [2.05, 4.69) is 22.2 Å². The zero-order valence-corrected chi connectivity index (χ0v) is 13.0. The van der Waals surface area contributed by atoms with Crippen LogP contribution in [0.3, 0.4) is 0 Å². The number of fused-ring (bicyclic) bond motifs is 1. The zero-order chi connectivity index (χ0) is 16.4. The highest BCUT2D eigenvalue weighted by Crippen LogP contribution is 2.33. The number of carbonyl (C=O) groups is 1. The fourth-order valence-corrected chi connectivity index (χ4v) is 2.81. The van der Waals surface area contributed by atoms with Crippen LogP contribution in [-0.4, -0.2) is 66.5 Å². The van der Waals surface area contributed by atoms with Crippen LogP contribution >= 0.6 is 0 Å². The van der Waals surface area contributed by atoms with E-state index < -0.39 is 11.0 Å². The maximum absolute atomic E-state index is 12.1. The summed E-state index contributed by atoms with van der Waals surface area (Å²) in [6.45, 7) is 4.85. The number of anilines is 1. The van der Waals surface area contributed by atoms with Gasteiger partial charge in [0.15, 0.2) is 6.10 Å². The Hall–Kier alpha value is -2.19. The average molecular weight is 320 g/mol. The topological polar surface area (TPSA) is 87.9 Å². The number of nitrogens with one attached hydrogen (secondary N) is 1. The van der Waals surface area contributed by atoms with Crippen LogP contribution in [0.15, 0.2) is 18.2 Å². The molecule has 23 heavy (non-hydrogen) atoms. The van der Waals surface area contributed by atoms with Crippen molar-refractivity contribution >= 4 is 17.3 Å². The van der Waals surface area contributed by atoms with Crippen molar-refractivity contribution in [1.82, 2.24) is 9.80 Å². The summed E-state index contributed by atoms with van der Waals surface area (Å²) in [6.07, 6.45) is 0.0509. The van der Waals surface area contributed by atoms with E-state index in [9.17, 15) is 14.9 Å². The predicted molar refractivity (Wildman–Crippen MR) is 84.7 cm³/mol. The van der Waals surface area contributed by atoms with Crippen LogP contribution in [0.5, 0.6) is 5.75 Å². The summed E-state index contributed by atoms with van der Waals surface area (Å²) in [5.41, 5.74) is 0.295. The van der Waals surface area contributed by atoms with Gasteiger partial charge in [0.25, 0.3) is 11.6 Å². The van der Waals surface area contributed by atoms with Gasteiger partial charge in [0.05, 0.1) is 10.6 Å². The minimum Gasteiger partial charge on any atom is -0.478 e. The number of nitrogens with zero attached hydrogens (tertiary/aromatic N) is 3. The fourth-order valence-electron chi connectivity index (χ4n) is 2.81. The quantitative estimate of drug-likeness (QED) is 0.656. The molecule has 1 amide bonds. The molecule has 1 aromatic rings. The number of piperazine rings is 1. The number of benzene rings is 1. The second-order valence-electron chi connectivity index (χ2n) is 5.97. The van der Waals surface area contributed by atoms with Gasteiger partial charge in [0.2, 0.25) is 0 Å². The SMILES string of the molecule is CN1CCN(CC[C@@H]2Oc3ccc([N+](=O)[O-])cc3NC2=O)CC1. The number of non-ortho nitro benzene ring substituents is 1. The Morgan fingerprint density at radius 2 is 2.09 bits per heavy atom. The number of rotatable bonds is 4. The molecule has 2 aliphatic heterocycles. The van der Waals surface area contributed by atoms with Gasteiger partial charge in [0.1, 0.15) is 5.75 Å². The number of nitro groups is 1. The van der Waals surface area contributed by atoms with Crippen molar-refractivity contribution in [3.63, 3.8) is 0 Å². The lowest BCUT2D eigenvalue weighted by molar-refractivity contribution is -0.384. The molecule has 0 radical (unpaired) electrons. The molecule has 1 fully saturated rings. The predicted octanol–water partition coefficient (Wildman–Crippen LogP) is 0.932. The Bertz CT molecular complexity index is 613. The number of carbonyl (C=O) groups excluding carboxylic acids is 1. The smallest absolute Gasteiger partial charge is 0.271 e. The molecule has 1 aromatic carbocycles. The zero-order valence-electron chi connectivity index (χ0n) is 13.0. The molecule has 0 saturated carbocycles. The maximum atomic E-state index is 12.1. The van der Waals surface area contributed by atoms with Crippen LogP contribution in [-0.2, 0) is 4.79 Å². The molecular formula is C15H20N4O4. The van der Waals surface area contributed by atoms with Gasteiger partial charge in [-0.15, -0.1) is 0 Å². The summed E-state index contributed by atoms with van der Waals surface area (Å²) in [6, 6.07) is 4.24. The molecule has 1 saturated heterocycles. The number of likely N-dealkylation sites (N-methyl/N-ethyl adjacent to an activating group) is 1. The number of nitro benzene ring substituents is 1. The lowest BCUT2D eigenvalue weighted by atomic mass is 10.1. The third-order valence-electron chi connectivity index (χ3n) is 4.30. The summed E-state index contributed by atoms with van der Waals surface area (Å²) in [5, 5.41) is 13.5. The molecule has 1 atom stereocenters. The lowest BCUT2D eigenvalue weighted by Gasteiger charge is -2.33. The van der Waals surface area contributed by atoms with Crippen molar-refractivity contribution in [2.75, 3.05) is 45.1 Å². The normalized spacial score (nSPS) is 22.1. The molecule has 2 heterocycles. The number of hydrogen-bond acceptors (Lipinski definition) is 6. The van der Waals surface area contributed by atoms with E-state index in [-0.39, 0.29) is 11.6 Å². The largest absolute Gasteiger partial charge is 0.478 e. The van der Waals surface area contributed by atoms with Crippen molar-refractivity contribution in [3.8, 4) is 5.75 Å². The van der Waals surface area contributed by atoms with Gasteiger partial charge in [-0.3, -0.25) is 14.9 Å². The Morgan fingerprint density at radius 3 is 2.78 bits per heavy atom. The first-order valence-corrected chi connectivity index (χ1v) is 7.70. The van der Waals surface area contributed by atoms with Crippen LogP contribution in [0, 0.1) is 10.1 Å². The maximum Gasteiger partial charge on any atom is 0.271 e. The van der Waals surface area contributed by atoms with Gasteiger partial charge < -0.3 is 19.9 Å². The molecular weight excluding hydrogens is 300 g/mol. The molecule has 0 spiro atoms. The lowest BCUT2D eigenvalue weighted by Crippen LogP contribution is -2.46. The minimum atomic E-state index is -0.552. The highest BCUT2D eigenvalue weighted by Gasteiger charge is 2.29. The first-order chi connectivity index (χ1) is 11.0. The fraction of sp³-hybridized carbons (Fsp3) is 0.533. The average Bonchev–Trinajstić information content (AvgIpc) is 2.53. The third-order valence-corrected chi connectivity index (χ3v) is 4.30. The molecule has 124 valence electrons. The van der Waals surface area contributed by atoms with Crippen molar-refractivity contribution < 1.29 is 14.5 Å². The second kappa shape index (κ2) is 6.51. The first kappa shape index (κ1) is 15.7. The molecule has 0 unspecified atom stereocenters. The number of ether oxygens (including phenoxy) is 1. The highest BCUT2D eigenvalue weighted by molar-refractivity contribution is 5.98. The first-order valence-electron chi connectivity index (χ1n) is 7.70. The van der Waals surface area contributed by atoms with E-state index >= 15 is 0 Å². The minimum absolute atomic E-state index is 0.0662. The molecule has 2 aliphatic rings. The summed E-state index contributed by atoms with van der Waals surface area (Å²) < 4.78 is 5.72. The van der Waals surface area contributed by atoms with Crippen molar-refractivity contribution in [1.29, 1.82) is 0 Å². The van der Waals surface area contributed by atoms with Gasteiger partial charge in [-0.1, -0.05) is 0 Å². The van der Waals surface area contributed by atoms with Gasteiger partial charge in [-0.2, -0.15) is 0 Å². The third kappa shape index (κ3) is 3.59. The molecule has 8 heteroatoms. The van der Waals surface area contributed by atoms with Gasteiger partial charge >= 0.3 is 0 Å². The van der Waals surface area contributed by atoms with Crippen LogP contribution in [0.2, 0.25) is 0 Å². The monoisotopic (exact) mass is 320 g/mol. The molecule has 0 aromatic heterocycles. The van der Waals surface area contributed by atoms with Crippen LogP contribution in [0.4, 0.5) is 11.4 Å². The van der Waals surface area contributed by atoms with Gasteiger partial charge in [0, 0.05) is 51.3 Å². The summed E-state index contributed by atoms with van der Waals surface area (Å²) in [5.74, 6) is 0.241. The molecule has 1 N–H and O–H groups in total. The van der Waals surface area contributed by atoms with E-state index in [0.29, 0.717) is 17.9 Å². The summed E-state index contributed by atoms with van der Waals surface area (Å²) in [7, 11) is 2.10. The van der Waals surface area contributed by atoms with Crippen molar-refractivity contribution in [2.45, 2.75) is 12.5 Å². The molecule has 8 nitrogen and oxygen atoms in total. The Morgan fingerprint density at radius 1 is 1.35 bits per heavy atom. The molecule has 0 aliphatic carbocycles. The van der Waals surface area contributed by atoms with Crippen molar-refractivity contribution in [3.05, 3.63) is 28.3 Å². The molecule has 3 rings (SSSR count). The van der Waals surface area contributed by atoms with E-state index in [0.717, 1.165) is 32.7 Å². The van der Waals surface area contributed by atoms with E-state index in [1.54, 1.807) is 0 Å². The number of amides is 1. The van der Waals surface area contributed by atoms with Gasteiger partial charge in [-0.05, 0) is 13.1 Å². The standard InChI is InChI=1S/C15H20N4O4/c1-17-6-8-18(9-7-17)5-4-14-15(20)16-12-10-11(19(21)22)2-3-13(12)23-14/h2-3,10,14H,4-9H2,1H3,(H,16,20)/t14-/m0/s1. The summed E-state index contributed by atoms with van der Waals surface area (Å²) >= 11 is 0.